The van der Waals surface area contributed by atoms with Crippen molar-refractivity contribution < 1.29 is 23.1 Å². The fourth-order valence-electron chi connectivity index (χ4n) is 1.92. The highest BCUT2D eigenvalue weighted by Crippen LogP contribution is 2.24. The Morgan fingerprint density at radius 1 is 1.33 bits per heavy atom. The number of hydrogen-bond donors (Lipinski definition) is 2. The number of nitrogens with one attached hydrogen (secondary N) is 1. The van der Waals surface area contributed by atoms with Crippen LogP contribution in [0.2, 0.25) is 0 Å². The third kappa shape index (κ3) is 5.38. The molecule has 0 heterocycles. The lowest BCUT2D eigenvalue weighted by Crippen LogP contribution is -2.30. The smallest absolute Gasteiger partial charge is 0.393 e. The number of benzene rings is 1. The van der Waals surface area contributed by atoms with Crippen LogP contribution in [-0.2, 0) is 17.6 Å². The average Bonchev–Trinajstić information content (AvgIpc) is 2.44. The van der Waals surface area contributed by atoms with E-state index in [1.54, 1.807) is 12.1 Å². The van der Waals surface area contributed by atoms with Crippen molar-refractivity contribution in [1.29, 1.82) is 0 Å². The Kier molecular flexibility index (Phi) is 6.20. The molecule has 0 saturated carbocycles. The predicted molar refractivity (Wildman–Crippen MR) is 75.1 cm³/mol. The molecule has 1 atom stereocenters. The van der Waals surface area contributed by atoms with Gasteiger partial charge in [-0.05, 0) is 42.9 Å². The molecule has 1 aromatic rings. The Labute approximate surface area is 122 Å². The van der Waals surface area contributed by atoms with Gasteiger partial charge in [0.25, 0.3) is 0 Å². The summed E-state index contributed by atoms with van der Waals surface area (Å²) in [7, 11) is 0. The van der Waals surface area contributed by atoms with Gasteiger partial charge >= 0.3 is 12.1 Å². The minimum atomic E-state index is -4.91. The van der Waals surface area contributed by atoms with E-state index in [0.717, 1.165) is 12.0 Å². The van der Waals surface area contributed by atoms with Gasteiger partial charge in [0, 0.05) is 5.69 Å². The second kappa shape index (κ2) is 7.45. The zero-order chi connectivity index (χ0) is 16.0. The van der Waals surface area contributed by atoms with Gasteiger partial charge in [0.1, 0.15) is 0 Å². The van der Waals surface area contributed by atoms with E-state index in [-0.39, 0.29) is 5.69 Å². The van der Waals surface area contributed by atoms with E-state index < -0.39 is 18.2 Å². The summed E-state index contributed by atoms with van der Waals surface area (Å²) in [6.07, 6.45) is -3.23. The van der Waals surface area contributed by atoms with Gasteiger partial charge in [0.05, 0.1) is 6.10 Å². The number of aliphatic hydroxyl groups excluding tert-OH is 1. The molecule has 0 aliphatic heterocycles. The van der Waals surface area contributed by atoms with E-state index in [0.29, 0.717) is 24.8 Å². The Morgan fingerprint density at radius 2 is 2.00 bits per heavy atom. The highest BCUT2D eigenvalue weighted by Gasteiger charge is 2.38. The van der Waals surface area contributed by atoms with E-state index in [4.69, 9.17) is 0 Å². The van der Waals surface area contributed by atoms with Crippen LogP contribution in [0.25, 0.3) is 0 Å². The normalized spacial score (nSPS) is 13.0. The maximum Gasteiger partial charge on any atom is 0.471 e. The van der Waals surface area contributed by atoms with E-state index in [2.05, 4.69) is 0 Å². The quantitative estimate of drug-likeness (QED) is 0.845. The molecule has 0 saturated heterocycles. The second-order valence-corrected chi connectivity index (χ2v) is 4.90. The number of halogens is 3. The number of carbonyl (C=O) groups excluding carboxylic acids is 1. The highest BCUT2D eigenvalue weighted by molar-refractivity contribution is 5.95. The summed E-state index contributed by atoms with van der Waals surface area (Å²) < 4.78 is 37.0. The molecule has 0 spiro atoms. The summed E-state index contributed by atoms with van der Waals surface area (Å²) in [5, 5.41) is 11.5. The number of rotatable bonds is 6. The molecular formula is C15H20F3NO2. The lowest BCUT2D eigenvalue weighted by atomic mass is 10.00. The number of amides is 1. The van der Waals surface area contributed by atoms with Crippen LogP contribution in [0.3, 0.4) is 0 Å². The standard InChI is InChI=1S/C15H20F3NO2/c1-3-10-5-8-13(19-14(21)15(16,17)18)11(9-10)6-7-12(20)4-2/h5,8-9,12,20H,3-4,6-7H2,1-2H3,(H,19,21). The van der Waals surface area contributed by atoms with Gasteiger partial charge in [0.2, 0.25) is 0 Å². The minimum Gasteiger partial charge on any atom is -0.393 e. The van der Waals surface area contributed by atoms with E-state index in [1.165, 1.54) is 6.07 Å². The summed E-state index contributed by atoms with van der Waals surface area (Å²) in [5.74, 6) is -1.98. The van der Waals surface area contributed by atoms with Crippen LogP contribution in [0.1, 0.15) is 37.8 Å². The zero-order valence-corrected chi connectivity index (χ0v) is 12.1. The molecule has 3 nitrogen and oxygen atoms in total. The van der Waals surface area contributed by atoms with Crippen molar-refractivity contribution in [2.24, 2.45) is 0 Å². The highest BCUT2D eigenvalue weighted by atomic mass is 19.4. The molecule has 21 heavy (non-hydrogen) atoms. The van der Waals surface area contributed by atoms with Crippen molar-refractivity contribution >= 4 is 11.6 Å². The molecule has 0 radical (unpaired) electrons. The van der Waals surface area contributed by atoms with Gasteiger partial charge in [-0.3, -0.25) is 4.79 Å². The SMILES string of the molecule is CCc1ccc(NC(=O)C(F)(F)F)c(CCC(O)CC)c1. The van der Waals surface area contributed by atoms with E-state index in [1.807, 2.05) is 19.2 Å². The molecule has 0 aliphatic carbocycles. The Hall–Kier alpha value is -1.56. The lowest BCUT2D eigenvalue weighted by molar-refractivity contribution is -0.167. The van der Waals surface area contributed by atoms with E-state index in [9.17, 15) is 23.1 Å². The Morgan fingerprint density at radius 3 is 2.52 bits per heavy atom. The minimum absolute atomic E-state index is 0.151. The maximum atomic E-state index is 12.3. The van der Waals surface area contributed by atoms with Gasteiger partial charge in [-0.1, -0.05) is 26.0 Å². The molecule has 0 bridgehead atoms. The third-order valence-corrected chi connectivity index (χ3v) is 3.30. The Bertz CT molecular complexity index is 486. The molecular weight excluding hydrogens is 283 g/mol. The maximum absolute atomic E-state index is 12.3. The molecule has 6 heteroatoms. The van der Waals surface area contributed by atoms with Gasteiger partial charge < -0.3 is 10.4 Å². The Balaban J connectivity index is 2.93. The third-order valence-electron chi connectivity index (χ3n) is 3.30. The first-order chi connectivity index (χ1) is 9.77. The largest absolute Gasteiger partial charge is 0.471 e. The number of anilines is 1. The van der Waals surface area contributed by atoms with Crippen LogP contribution in [0.4, 0.5) is 18.9 Å². The first-order valence-electron chi connectivity index (χ1n) is 6.96. The van der Waals surface area contributed by atoms with Gasteiger partial charge in [-0.25, -0.2) is 0 Å². The zero-order valence-electron chi connectivity index (χ0n) is 12.1. The van der Waals surface area contributed by atoms with Crippen molar-refractivity contribution in [3.05, 3.63) is 29.3 Å². The molecule has 1 amide bonds. The van der Waals surface area contributed by atoms with Crippen LogP contribution in [0.15, 0.2) is 18.2 Å². The van der Waals surface area contributed by atoms with Crippen LogP contribution >= 0.6 is 0 Å². The van der Waals surface area contributed by atoms with Crippen molar-refractivity contribution in [3.8, 4) is 0 Å². The number of aliphatic hydroxyl groups is 1. The van der Waals surface area contributed by atoms with Crippen molar-refractivity contribution in [2.75, 3.05) is 5.32 Å². The van der Waals surface area contributed by atoms with Crippen LogP contribution in [0.5, 0.6) is 0 Å². The summed E-state index contributed by atoms with van der Waals surface area (Å²) in [6.45, 7) is 3.77. The predicted octanol–water partition coefficient (Wildman–Crippen LogP) is 3.45. The summed E-state index contributed by atoms with van der Waals surface area (Å²) in [4.78, 5) is 11.0. The van der Waals surface area contributed by atoms with Crippen molar-refractivity contribution in [3.63, 3.8) is 0 Å². The average molecular weight is 303 g/mol. The van der Waals surface area contributed by atoms with Gasteiger partial charge in [0.15, 0.2) is 0 Å². The number of aryl methyl sites for hydroxylation is 2. The molecule has 1 unspecified atom stereocenters. The van der Waals surface area contributed by atoms with Crippen molar-refractivity contribution in [1.82, 2.24) is 0 Å². The topological polar surface area (TPSA) is 49.3 Å². The van der Waals surface area contributed by atoms with Crippen molar-refractivity contribution in [2.45, 2.75) is 51.8 Å². The molecule has 0 fully saturated rings. The fourth-order valence-corrected chi connectivity index (χ4v) is 1.92. The van der Waals surface area contributed by atoms with Crippen LogP contribution in [-0.4, -0.2) is 23.3 Å². The van der Waals surface area contributed by atoms with Gasteiger partial charge in [-0.2, -0.15) is 13.2 Å². The van der Waals surface area contributed by atoms with Crippen LogP contribution in [0, 0.1) is 0 Å². The number of carbonyl (C=O) groups is 1. The van der Waals surface area contributed by atoms with Crippen LogP contribution < -0.4 is 5.32 Å². The molecule has 1 aromatic carbocycles. The first-order valence-corrected chi connectivity index (χ1v) is 6.96. The fraction of sp³-hybridized carbons (Fsp3) is 0.533. The number of hydrogen-bond acceptors (Lipinski definition) is 2. The van der Waals surface area contributed by atoms with Gasteiger partial charge in [-0.15, -0.1) is 0 Å². The lowest BCUT2D eigenvalue weighted by Gasteiger charge is -2.15. The number of alkyl halides is 3. The summed E-state index contributed by atoms with van der Waals surface area (Å²) >= 11 is 0. The molecule has 118 valence electrons. The molecule has 2 N–H and O–H groups in total. The summed E-state index contributed by atoms with van der Waals surface area (Å²) in [6, 6.07) is 4.94. The molecule has 1 rings (SSSR count). The summed E-state index contributed by atoms with van der Waals surface area (Å²) in [5.41, 5.74) is 1.73. The molecule has 0 aliphatic rings. The second-order valence-electron chi connectivity index (χ2n) is 4.90. The molecule has 0 aromatic heterocycles. The monoisotopic (exact) mass is 303 g/mol. The van der Waals surface area contributed by atoms with E-state index >= 15 is 0 Å². The first kappa shape index (κ1) is 17.5.